The van der Waals surface area contributed by atoms with Crippen LogP contribution in [0, 0.1) is 5.82 Å². The zero-order valence-electron chi connectivity index (χ0n) is 24.3. The summed E-state index contributed by atoms with van der Waals surface area (Å²) in [4.78, 5) is 29.8. The summed E-state index contributed by atoms with van der Waals surface area (Å²) in [6, 6.07) is 20.7. The summed E-state index contributed by atoms with van der Waals surface area (Å²) in [5, 5.41) is 0. The maximum Gasteiger partial charge on any atom is 0.175 e. The van der Waals surface area contributed by atoms with Gasteiger partial charge in [-0.1, -0.05) is 48.5 Å². The van der Waals surface area contributed by atoms with Gasteiger partial charge in [-0.25, -0.2) is 4.39 Å². The lowest BCUT2D eigenvalue weighted by atomic mass is 9.71. The summed E-state index contributed by atoms with van der Waals surface area (Å²) < 4.78 is 27.1. The van der Waals surface area contributed by atoms with Gasteiger partial charge in [-0.05, 0) is 84.3 Å². The van der Waals surface area contributed by atoms with Gasteiger partial charge in [0.15, 0.2) is 23.1 Å². The maximum atomic E-state index is 14.3. The fourth-order valence-electron chi connectivity index (χ4n) is 6.63. The number of carbonyl (C=O) groups is 2. The molecular formula is C36H35BrFNO4. The summed E-state index contributed by atoms with van der Waals surface area (Å²) in [5.74, 6) is 0.366. The van der Waals surface area contributed by atoms with Crippen molar-refractivity contribution in [3.05, 3.63) is 116 Å². The van der Waals surface area contributed by atoms with Crippen LogP contribution in [0.3, 0.4) is 0 Å². The average molecular weight is 645 g/mol. The predicted octanol–water partition coefficient (Wildman–Crippen LogP) is 8.22. The summed E-state index contributed by atoms with van der Waals surface area (Å²) in [5.41, 5.74) is 6.08. The topological polar surface area (TPSA) is 55.8 Å². The molecule has 222 valence electrons. The van der Waals surface area contributed by atoms with E-state index in [0.29, 0.717) is 41.0 Å². The zero-order valence-corrected chi connectivity index (χ0v) is 25.9. The number of ether oxygens (including phenoxy) is 2. The van der Waals surface area contributed by atoms with Gasteiger partial charge in [0.25, 0.3) is 0 Å². The minimum absolute atomic E-state index is 0.0338. The van der Waals surface area contributed by atoms with E-state index < -0.39 is 5.92 Å². The van der Waals surface area contributed by atoms with Gasteiger partial charge in [0.05, 0.1) is 11.1 Å². The Morgan fingerprint density at radius 3 is 2.16 bits per heavy atom. The number of nitrogens with zero attached hydrogens (tertiary/aromatic N) is 1. The minimum Gasteiger partial charge on any atom is -0.490 e. The third-order valence-electron chi connectivity index (χ3n) is 8.55. The second-order valence-corrected chi connectivity index (χ2v) is 12.1. The Hall–Kier alpha value is -3.71. The minimum atomic E-state index is -0.463. The number of carbonyl (C=O) groups excluding carboxylic acids is 2. The number of hydrogen-bond acceptors (Lipinski definition) is 5. The van der Waals surface area contributed by atoms with Gasteiger partial charge in [-0.3, -0.25) is 9.59 Å². The van der Waals surface area contributed by atoms with E-state index >= 15 is 0 Å². The van der Waals surface area contributed by atoms with Crippen LogP contribution in [0.15, 0.2) is 93.7 Å². The predicted molar refractivity (Wildman–Crippen MR) is 167 cm³/mol. The van der Waals surface area contributed by atoms with Crippen molar-refractivity contribution in [2.24, 2.45) is 0 Å². The lowest BCUT2D eigenvalue weighted by Gasteiger charge is -2.44. The van der Waals surface area contributed by atoms with Gasteiger partial charge in [0.2, 0.25) is 0 Å². The number of halogens is 2. The normalized spacial score (nSPS) is 17.2. The van der Waals surface area contributed by atoms with Crippen molar-refractivity contribution < 1.29 is 23.5 Å². The molecule has 0 saturated heterocycles. The smallest absolute Gasteiger partial charge is 0.175 e. The second kappa shape index (κ2) is 12.9. The molecule has 7 heteroatoms. The van der Waals surface area contributed by atoms with Crippen molar-refractivity contribution in [3.63, 3.8) is 0 Å². The van der Waals surface area contributed by atoms with Crippen LogP contribution in [0.4, 0.5) is 4.39 Å². The number of benzene rings is 3. The lowest BCUT2D eigenvalue weighted by Crippen LogP contribution is -2.40. The van der Waals surface area contributed by atoms with Crippen molar-refractivity contribution in [3.8, 4) is 11.5 Å². The Balaban J connectivity index is 1.42. The highest BCUT2D eigenvalue weighted by molar-refractivity contribution is 9.10. The molecule has 3 aromatic rings. The highest BCUT2D eigenvalue weighted by Crippen LogP contribution is 2.51. The zero-order chi connectivity index (χ0) is 29.9. The molecule has 0 fully saturated rings. The van der Waals surface area contributed by atoms with E-state index in [9.17, 15) is 14.0 Å². The lowest BCUT2D eigenvalue weighted by molar-refractivity contribution is -0.117. The largest absolute Gasteiger partial charge is 0.490 e. The SMILES string of the molecule is CCOc1cc(C2C3=C(CCCC3=O)N(CCc3ccccc3)C3=C2C(=O)CCC3)cc(Br)c1OCc1ccccc1F. The first-order valence-electron chi connectivity index (χ1n) is 15.1. The van der Waals surface area contributed by atoms with Crippen molar-refractivity contribution in [2.75, 3.05) is 13.2 Å². The maximum absolute atomic E-state index is 14.3. The second-order valence-electron chi connectivity index (χ2n) is 11.2. The summed E-state index contributed by atoms with van der Waals surface area (Å²) in [6.07, 6.45) is 5.00. The van der Waals surface area contributed by atoms with Gasteiger partial charge < -0.3 is 14.4 Å². The molecule has 6 rings (SSSR count). The number of Topliss-reactive ketones (excluding diaryl/α,β-unsaturated/α-hetero) is 2. The molecule has 0 amide bonds. The van der Waals surface area contributed by atoms with E-state index in [-0.39, 0.29) is 24.0 Å². The monoisotopic (exact) mass is 643 g/mol. The Bertz CT molecular complexity index is 1570. The Kier molecular flexibility index (Phi) is 8.80. The van der Waals surface area contributed by atoms with Crippen molar-refractivity contribution >= 4 is 27.5 Å². The van der Waals surface area contributed by atoms with E-state index in [1.807, 2.05) is 37.3 Å². The molecule has 0 saturated carbocycles. The molecule has 0 radical (unpaired) electrons. The van der Waals surface area contributed by atoms with Crippen LogP contribution in [0.1, 0.15) is 68.1 Å². The van der Waals surface area contributed by atoms with Crippen molar-refractivity contribution in [2.45, 2.75) is 64.4 Å². The molecule has 0 atom stereocenters. The average Bonchev–Trinajstić information content (AvgIpc) is 3.01. The van der Waals surface area contributed by atoms with E-state index in [2.05, 4.69) is 33.0 Å². The van der Waals surface area contributed by atoms with Crippen molar-refractivity contribution in [1.29, 1.82) is 0 Å². The molecule has 3 aliphatic rings. The molecular weight excluding hydrogens is 609 g/mol. The van der Waals surface area contributed by atoms with Gasteiger partial charge in [-0.2, -0.15) is 0 Å². The van der Waals surface area contributed by atoms with Gasteiger partial charge >= 0.3 is 0 Å². The number of rotatable bonds is 9. The molecule has 2 aliphatic carbocycles. The Morgan fingerprint density at radius 2 is 1.51 bits per heavy atom. The number of hydrogen-bond donors (Lipinski definition) is 0. The highest BCUT2D eigenvalue weighted by atomic mass is 79.9. The number of ketones is 2. The fraction of sp³-hybridized carbons (Fsp3) is 0.333. The Labute approximate surface area is 260 Å². The summed E-state index contributed by atoms with van der Waals surface area (Å²) >= 11 is 3.68. The van der Waals surface area contributed by atoms with Crippen LogP contribution in [-0.4, -0.2) is 29.6 Å². The van der Waals surface area contributed by atoms with Crippen LogP contribution in [0.5, 0.6) is 11.5 Å². The molecule has 1 aliphatic heterocycles. The van der Waals surface area contributed by atoms with Gasteiger partial charge in [-0.15, -0.1) is 0 Å². The quantitative estimate of drug-likeness (QED) is 0.235. The molecule has 1 heterocycles. The highest BCUT2D eigenvalue weighted by Gasteiger charge is 2.43. The van der Waals surface area contributed by atoms with Crippen LogP contribution in [0.25, 0.3) is 0 Å². The first kappa shape index (κ1) is 29.4. The molecule has 0 bridgehead atoms. The Morgan fingerprint density at radius 1 is 0.860 bits per heavy atom. The first-order chi connectivity index (χ1) is 21.0. The van der Waals surface area contributed by atoms with Gasteiger partial charge in [0.1, 0.15) is 12.4 Å². The third-order valence-corrected chi connectivity index (χ3v) is 9.14. The molecule has 0 spiro atoms. The molecule has 0 aromatic heterocycles. The standard InChI is InChI=1S/C36H35BrFNO4/c1-2-42-32-21-25(20-26(37)36(32)43-22-24-12-6-7-13-27(24)38)33-34-28(14-8-16-30(34)40)39(19-18-23-10-4-3-5-11-23)29-15-9-17-31(41)35(29)33/h3-7,10-13,20-21,33H,2,8-9,14-19,22H2,1H3. The van der Waals surface area contributed by atoms with E-state index in [4.69, 9.17) is 9.47 Å². The van der Waals surface area contributed by atoms with Gasteiger partial charge in [0, 0.05) is 53.4 Å². The molecule has 0 unspecified atom stereocenters. The van der Waals surface area contributed by atoms with Crippen LogP contribution in [0.2, 0.25) is 0 Å². The van der Waals surface area contributed by atoms with E-state index in [0.717, 1.165) is 66.8 Å². The fourth-order valence-corrected chi connectivity index (χ4v) is 7.20. The van der Waals surface area contributed by atoms with E-state index in [1.165, 1.54) is 11.6 Å². The molecule has 0 N–H and O–H groups in total. The van der Waals surface area contributed by atoms with Crippen molar-refractivity contribution in [1.82, 2.24) is 4.90 Å². The molecule has 43 heavy (non-hydrogen) atoms. The summed E-state index contributed by atoms with van der Waals surface area (Å²) in [6.45, 7) is 3.05. The van der Waals surface area contributed by atoms with Crippen LogP contribution >= 0.6 is 15.9 Å². The molecule has 3 aromatic carbocycles. The first-order valence-corrected chi connectivity index (χ1v) is 15.9. The summed E-state index contributed by atoms with van der Waals surface area (Å²) in [7, 11) is 0. The third kappa shape index (κ3) is 5.92. The molecule has 5 nitrogen and oxygen atoms in total. The van der Waals surface area contributed by atoms with E-state index in [1.54, 1.807) is 18.2 Å². The van der Waals surface area contributed by atoms with Crippen LogP contribution < -0.4 is 9.47 Å². The van der Waals surface area contributed by atoms with Crippen LogP contribution in [-0.2, 0) is 22.6 Å². The number of allylic oxidation sites excluding steroid dienone is 4.